The molecule has 236 valence electrons. The van der Waals surface area contributed by atoms with E-state index < -0.39 is 49.0 Å². The number of epoxide rings is 1. The summed E-state index contributed by atoms with van der Waals surface area (Å²) in [6.07, 6.45) is 2.04. The molecular formula is C31H47NO10. The first-order valence-electron chi connectivity index (χ1n) is 14.3. The van der Waals surface area contributed by atoms with Crippen molar-refractivity contribution >= 4 is 0 Å². The highest BCUT2D eigenvalue weighted by Gasteiger charge is 2.58. The molecule has 0 aliphatic carbocycles. The van der Waals surface area contributed by atoms with Gasteiger partial charge in [0, 0.05) is 23.6 Å². The van der Waals surface area contributed by atoms with Crippen LogP contribution in [-0.2, 0) is 20.6 Å². The van der Waals surface area contributed by atoms with Crippen LogP contribution >= 0.6 is 0 Å². The molecule has 5 N–H and O–H groups in total. The van der Waals surface area contributed by atoms with Crippen LogP contribution in [0.1, 0.15) is 52.3 Å². The van der Waals surface area contributed by atoms with Crippen LogP contribution in [0, 0.1) is 12.8 Å². The molecule has 1 aromatic rings. The van der Waals surface area contributed by atoms with Crippen molar-refractivity contribution in [1.82, 2.24) is 4.98 Å². The van der Waals surface area contributed by atoms with E-state index in [-0.39, 0.29) is 23.2 Å². The van der Waals surface area contributed by atoms with E-state index in [9.17, 15) is 25.2 Å². The number of hydrogen-bond acceptors (Lipinski definition) is 10. The number of nitrogens with one attached hydrogen (secondary N) is 1. The number of aliphatic hydroxyl groups excluding tert-OH is 4. The minimum Gasteiger partial charge on any atom is -0.488 e. The van der Waals surface area contributed by atoms with E-state index in [1.807, 2.05) is 46.8 Å². The third kappa shape index (κ3) is 7.52. The van der Waals surface area contributed by atoms with Crippen molar-refractivity contribution in [3.63, 3.8) is 0 Å². The highest BCUT2D eigenvalue weighted by molar-refractivity contribution is 5.40. The Bertz CT molecular complexity index is 1220. The first-order chi connectivity index (χ1) is 19.8. The smallest absolute Gasteiger partial charge is 0.238 e. The van der Waals surface area contributed by atoms with Crippen molar-refractivity contribution in [1.29, 1.82) is 0 Å². The van der Waals surface area contributed by atoms with Crippen LogP contribution in [0.5, 0.6) is 11.6 Å². The third-order valence-corrected chi connectivity index (χ3v) is 8.23. The van der Waals surface area contributed by atoms with Gasteiger partial charge in [-0.1, -0.05) is 42.4 Å². The molecule has 2 fully saturated rings. The van der Waals surface area contributed by atoms with Gasteiger partial charge < -0.3 is 49.1 Å². The Morgan fingerprint density at radius 3 is 2.38 bits per heavy atom. The van der Waals surface area contributed by atoms with Crippen molar-refractivity contribution in [2.75, 3.05) is 20.8 Å². The van der Waals surface area contributed by atoms with Crippen LogP contribution in [0.15, 0.2) is 40.2 Å². The SMILES string of the molecule is COc1[nH]c(C/C=C(\C)C/C=C/C(C)=C/[C@@H](C)[C@@H](O[C@@H]2O[C@H](CO)[C@@H](O)[C@H](O)[C@H]2O)[C@@]2(C)O[C@@H]2C)c(C)c(=O)c1OC. The topological polar surface area (TPSA) is 163 Å². The van der Waals surface area contributed by atoms with E-state index in [1.54, 1.807) is 6.92 Å². The number of rotatable bonds is 13. The number of aliphatic hydroxyl groups is 4. The van der Waals surface area contributed by atoms with Crippen LogP contribution in [0.4, 0.5) is 0 Å². The zero-order valence-electron chi connectivity index (χ0n) is 25.8. The van der Waals surface area contributed by atoms with Crippen molar-refractivity contribution in [2.24, 2.45) is 5.92 Å². The summed E-state index contributed by atoms with van der Waals surface area (Å²) in [5.74, 6) is 0.299. The Balaban J connectivity index is 1.67. The predicted octanol–water partition coefficient (Wildman–Crippen LogP) is 2.08. The van der Waals surface area contributed by atoms with Crippen molar-refractivity contribution in [3.05, 3.63) is 56.9 Å². The molecule has 3 rings (SSSR count). The average Bonchev–Trinajstić information content (AvgIpc) is 3.57. The molecule has 11 heteroatoms. The standard InChI is InChI=1S/C31H47NO10/c1-16(12-13-21-19(4)23(34)27(38-7)29(32-21)39-8)10-9-11-17(2)14-18(3)28(31(6)20(5)42-31)41-30-26(37)25(36)24(35)22(15-33)40-30/h9,11-12,14,18,20,22,24-26,28,30,33,35-37H,10,13,15H2,1-8H3,(H,32,34)/b11-9+,16-12+,17-14+/t18-,20-,22-,24-,25+,26-,28-,30+,31+/m1/s1. The fourth-order valence-corrected chi connectivity index (χ4v) is 5.33. The molecule has 2 saturated heterocycles. The molecule has 0 aromatic carbocycles. The summed E-state index contributed by atoms with van der Waals surface area (Å²) in [4.78, 5) is 15.7. The molecule has 0 unspecified atom stereocenters. The van der Waals surface area contributed by atoms with Crippen LogP contribution in [-0.4, -0.2) is 94.8 Å². The second kappa shape index (κ2) is 14.3. The number of ether oxygens (including phenoxy) is 5. The van der Waals surface area contributed by atoms with Gasteiger partial charge in [-0.15, -0.1) is 0 Å². The number of H-pyrrole nitrogens is 1. The zero-order valence-corrected chi connectivity index (χ0v) is 25.8. The largest absolute Gasteiger partial charge is 0.488 e. The van der Waals surface area contributed by atoms with E-state index in [2.05, 4.69) is 17.1 Å². The monoisotopic (exact) mass is 593 g/mol. The van der Waals surface area contributed by atoms with Crippen LogP contribution in [0.2, 0.25) is 0 Å². The molecule has 0 amide bonds. The Morgan fingerprint density at radius 2 is 1.81 bits per heavy atom. The summed E-state index contributed by atoms with van der Waals surface area (Å²) < 4.78 is 28.1. The maximum atomic E-state index is 12.6. The van der Waals surface area contributed by atoms with Gasteiger partial charge in [0.25, 0.3) is 0 Å². The van der Waals surface area contributed by atoms with E-state index in [0.717, 1.165) is 16.8 Å². The van der Waals surface area contributed by atoms with Crippen molar-refractivity contribution in [2.45, 2.75) is 103 Å². The van der Waals surface area contributed by atoms with Gasteiger partial charge in [0.15, 0.2) is 6.29 Å². The molecule has 0 radical (unpaired) electrons. The minimum atomic E-state index is -1.52. The highest BCUT2D eigenvalue weighted by atomic mass is 16.7. The highest BCUT2D eigenvalue weighted by Crippen LogP contribution is 2.44. The Labute approximate surface area is 247 Å². The summed E-state index contributed by atoms with van der Waals surface area (Å²) in [6, 6.07) is 0. The number of pyridine rings is 1. The summed E-state index contributed by atoms with van der Waals surface area (Å²) >= 11 is 0. The number of hydrogen-bond donors (Lipinski definition) is 5. The van der Waals surface area contributed by atoms with Crippen LogP contribution in [0.25, 0.3) is 0 Å². The first-order valence-corrected chi connectivity index (χ1v) is 14.3. The number of allylic oxidation sites excluding steroid dienone is 5. The number of methoxy groups -OCH3 is 2. The van der Waals surface area contributed by atoms with Gasteiger partial charge in [0.2, 0.25) is 17.1 Å². The average molecular weight is 594 g/mol. The van der Waals surface area contributed by atoms with Gasteiger partial charge in [-0.05, 0) is 41.0 Å². The minimum absolute atomic E-state index is 0.0869. The van der Waals surface area contributed by atoms with Crippen molar-refractivity contribution in [3.8, 4) is 11.6 Å². The molecule has 2 aliphatic heterocycles. The van der Waals surface area contributed by atoms with E-state index in [1.165, 1.54) is 14.2 Å². The molecule has 11 nitrogen and oxygen atoms in total. The predicted molar refractivity (Wildman–Crippen MR) is 157 cm³/mol. The third-order valence-electron chi connectivity index (χ3n) is 8.23. The molecule has 42 heavy (non-hydrogen) atoms. The fraction of sp³-hybridized carbons (Fsp3) is 0.645. The lowest BCUT2D eigenvalue weighted by molar-refractivity contribution is -0.317. The number of aromatic amines is 1. The zero-order chi connectivity index (χ0) is 31.4. The van der Waals surface area contributed by atoms with E-state index >= 15 is 0 Å². The molecule has 0 bridgehead atoms. The summed E-state index contributed by atoms with van der Waals surface area (Å²) in [5, 5.41) is 40.3. The molecular weight excluding hydrogens is 546 g/mol. The lowest BCUT2D eigenvalue weighted by atomic mass is 9.89. The maximum Gasteiger partial charge on any atom is 0.238 e. The summed E-state index contributed by atoms with van der Waals surface area (Å²) in [6.45, 7) is 11.1. The van der Waals surface area contributed by atoms with Crippen LogP contribution in [0.3, 0.4) is 0 Å². The quantitative estimate of drug-likeness (QED) is 0.130. The second-order valence-electron chi connectivity index (χ2n) is 11.5. The van der Waals surface area contributed by atoms with Crippen molar-refractivity contribution < 1.29 is 44.1 Å². The van der Waals surface area contributed by atoms with Gasteiger partial charge in [-0.3, -0.25) is 4.79 Å². The Kier molecular flexibility index (Phi) is 11.6. The molecule has 3 heterocycles. The lowest BCUT2D eigenvalue weighted by Gasteiger charge is -2.42. The Morgan fingerprint density at radius 1 is 1.14 bits per heavy atom. The first kappa shape index (κ1) is 34.0. The normalized spacial score (nSPS) is 31.7. The van der Waals surface area contributed by atoms with E-state index in [0.29, 0.717) is 24.3 Å². The van der Waals surface area contributed by atoms with Gasteiger partial charge >= 0.3 is 0 Å². The second-order valence-corrected chi connectivity index (χ2v) is 11.5. The molecule has 0 spiro atoms. The molecule has 9 atom stereocenters. The maximum absolute atomic E-state index is 12.6. The molecule has 2 aliphatic rings. The van der Waals surface area contributed by atoms with Gasteiger partial charge in [0.05, 0.1) is 33.0 Å². The fourth-order valence-electron chi connectivity index (χ4n) is 5.33. The van der Waals surface area contributed by atoms with E-state index in [4.69, 9.17) is 23.7 Å². The van der Waals surface area contributed by atoms with Crippen LogP contribution < -0.4 is 14.9 Å². The van der Waals surface area contributed by atoms with Gasteiger partial charge in [0.1, 0.15) is 30.0 Å². The van der Waals surface area contributed by atoms with Gasteiger partial charge in [-0.2, -0.15) is 0 Å². The van der Waals surface area contributed by atoms with Gasteiger partial charge in [-0.25, -0.2) is 0 Å². The number of aromatic nitrogens is 1. The summed E-state index contributed by atoms with van der Waals surface area (Å²) in [5.41, 5.74) is 2.64. The lowest BCUT2D eigenvalue weighted by Crippen LogP contribution is -2.60. The summed E-state index contributed by atoms with van der Waals surface area (Å²) in [7, 11) is 2.92. The molecule has 1 aromatic heterocycles. The molecule has 0 saturated carbocycles. The Hall–Kier alpha value is -2.51.